The molecule has 3 rings (SSSR count). The van der Waals surface area contributed by atoms with E-state index in [2.05, 4.69) is 32.0 Å². The lowest BCUT2D eigenvalue weighted by atomic mass is 10.1. The molecule has 2 aromatic rings. The van der Waals surface area contributed by atoms with Crippen molar-refractivity contribution in [1.82, 2.24) is 25.1 Å². The van der Waals surface area contributed by atoms with Crippen LogP contribution in [-0.4, -0.2) is 52.8 Å². The molecule has 0 aliphatic carbocycles. The number of sulfone groups is 1. The average molecular weight is 351 g/mol. The molecule has 0 radical (unpaired) electrons. The van der Waals surface area contributed by atoms with Gasteiger partial charge in [0.05, 0.1) is 11.9 Å². The number of H-pyrrole nitrogens is 2. The van der Waals surface area contributed by atoms with Crippen LogP contribution >= 0.6 is 0 Å². The highest BCUT2D eigenvalue weighted by Crippen LogP contribution is 2.30. The van der Waals surface area contributed by atoms with E-state index in [0.717, 1.165) is 62.5 Å². The Morgan fingerprint density at radius 3 is 2.96 bits per heavy atom. The van der Waals surface area contributed by atoms with Crippen molar-refractivity contribution in [2.75, 3.05) is 19.3 Å². The highest BCUT2D eigenvalue weighted by Gasteiger charge is 2.29. The lowest BCUT2D eigenvalue weighted by Gasteiger charge is -2.14. The largest absolute Gasteiger partial charge is 0.345 e. The SMILES string of the molecule is CCCCc1ncc(CN2CC[C@H](c3[nH]ncc3S(C)(=O)=O)C2)[nH]1. The molecule has 2 aromatic heterocycles. The molecule has 7 nitrogen and oxygen atoms in total. The minimum Gasteiger partial charge on any atom is -0.345 e. The standard InChI is InChI=1S/C16H25N5O2S/c1-3-4-5-15-17-8-13(19-15)11-21-7-6-12(10-21)16-14(9-18-20-16)24(2,22)23/h8-9,12H,3-7,10-11H2,1-2H3,(H,17,19)(H,18,20)/t12-/m0/s1. The second-order valence-corrected chi connectivity index (χ2v) is 8.58. The van der Waals surface area contributed by atoms with E-state index in [0.29, 0.717) is 4.90 Å². The third kappa shape index (κ3) is 3.87. The van der Waals surface area contributed by atoms with Gasteiger partial charge in [0.2, 0.25) is 0 Å². The molecule has 1 atom stereocenters. The second-order valence-electron chi connectivity index (χ2n) is 6.60. The van der Waals surface area contributed by atoms with Crippen LogP contribution in [0.3, 0.4) is 0 Å². The molecule has 132 valence electrons. The van der Waals surface area contributed by atoms with Crippen molar-refractivity contribution in [3.8, 4) is 0 Å². The van der Waals surface area contributed by atoms with Gasteiger partial charge in [-0.3, -0.25) is 10.00 Å². The summed E-state index contributed by atoms with van der Waals surface area (Å²) in [6, 6.07) is 0. The molecule has 2 N–H and O–H groups in total. The van der Waals surface area contributed by atoms with Gasteiger partial charge >= 0.3 is 0 Å². The van der Waals surface area contributed by atoms with Crippen LogP contribution in [0.15, 0.2) is 17.3 Å². The van der Waals surface area contributed by atoms with E-state index in [1.807, 2.05) is 6.20 Å². The third-order valence-corrected chi connectivity index (χ3v) is 5.68. The van der Waals surface area contributed by atoms with Crippen LogP contribution in [-0.2, 0) is 22.8 Å². The molecule has 24 heavy (non-hydrogen) atoms. The fraction of sp³-hybridized carbons (Fsp3) is 0.625. The number of hydrogen-bond donors (Lipinski definition) is 2. The van der Waals surface area contributed by atoms with Crippen molar-refractivity contribution in [3.63, 3.8) is 0 Å². The smallest absolute Gasteiger partial charge is 0.178 e. The molecule has 0 bridgehead atoms. The van der Waals surface area contributed by atoms with Gasteiger partial charge in [0.15, 0.2) is 9.84 Å². The van der Waals surface area contributed by atoms with Crippen molar-refractivity contribution >= 4 is 9.84 Å². The van der Waals surface area contributed by atoms with Gasteiger partial charge in [0.25, 0.3) is 0 Å². The summed E-state index contributed by atoms with van der Waals surface area (Å²) < 4.78 is 23.7. The number of nitrogens with zero attached hydrogens (tertiary/aromatic N) is 3. The van der Waals surface area contributed by atoms with E-state index in [1.165, 1.54) is 12.5 Å². The fourth-order valence-electron chi connectivity index (χ4n) is 3.28. The van der Waals surface area contributed by atoms with Crippen LogP contribution in [0.1, 0.15) is 49.3 Å². The van der Waals surface area contributed by atoms with Crippen molar-refractivity contribution in [2.24, 2.45) is 0 Å². The zero-order valence-electron chi connectivity index (χ0n) is 14.2. The first-order valence-corrected chi connectivity index (χ1v) is 10.3. The van der Waals surface area contributed by atoms with Gasteiger partial charge in [-0.1, -0.05) is 13.3 Å². The zero-order valence-corrected chi connectivity index (χ0v) is 15.1. The normalized spacial score (nSPS) is 19.2. The van der Waals surface area contributed by atoms with E-state index in [-0.39, 0.29) is 5.92 Å². The Morgan fingerprint density at radius 1 is 1.38 bits per heavy atom. The Kier molecular flexibility index (Phi) is 5.05. The van der Waals surface area contributed by atoms with Gasteiger partial charge in [0.1, 0.15) is 10.7 Å². The van der Waals surface area contributed by atoms with Gasteiger partial charge in [-0.05, 0) is 19.4 Å². The number of aromatic amines is 2. The van der Waals surface area contributed by atoms with Crippen LogP contribution < -0.4 is 0 Å². The molecule has 1 saturated heterocycles. The number of nitrogens with one attached hydrogen (secondary N) is 2. The molecular weight excluding hydrogens is 326 g/mol. The maximum Gasteiger partial charge on any atom is 0.178 e. The Bertz CT molecular complexity index is 780. The number of hydrogen-bond acceptors (Lipinski definition) is 5. The summed E-state index contributed by atoms with van der Waals surface area (Å²) >= 11 is 0. The average Bonchev–Trinajstić information content (AvgIpc) is 3.24. The number of imidazole rings is 1. The molecule has 3 heterocycles. The van der Waals surface area contributed by atoms with Gasteiger partial charge in [-0.15, -0.1) is 0 Å². The Balaban J connectivity index is 1.62. The Labute approximate surface area is 142 Å². The van der Waals surface area contributed by atoms with E-state index < -0.39 is 9.84 Å². The minimum absolute atomic E-state index is 0.180. The monoisotopic (exact) mass is 351 g/mol. The maximum absolute atomic E-state index is 11.8. The summed E-state index contributed by atoms with van der Waals surface area (Å²) in [5, 5.41) is 6.83. The van der Waals surface area contributed by atoms with Gasteiger partial charge in [-0.2, -0.15) is 5.10 Å². The summed E-state index contributed by atoms with van der Waals surface area (Å²) in [6.45, 7) is 4.76. The van der Waals surface area contributed by atoms with Crippen LogP contribution in [0, 0.1) is 0 Å². The number of aryl methyl sites for hydroxylation is 1. The summed E-state index contributed by atoms with van der Waals surface area (Å²) in [5.74, 6) is 1.23. The van der Waals surface area contributed by atoms with Crippen molar-refractivity contribution in [3.05, 3.63) is 29.6 Å². The number of likely N-dealkylation sites (tertiary alicyclic amines) is 1. The summed E-state index contributed by atoms with van der Waals surface area (Å²) in [5.41, 5.74) is 1.86. The molecule has 0 amide bonds. The van der Waals surface area contributed by atoms with Gasteiger partial charge in [0, 0.05) is 43.6 Å². The quantitative estimate of drug-likeness (QED) is 0.794. The molecule has 1 fully saturated rings. The topological polar surface area (TPSA) is 94.7 Å². The third-order valence-electron chi connectivity index (χ3n) is 4.55. The van der Waals surface area contributed by atoms with E-state index >= 15 is 0 Å². The van der Waals surface area contributed by atoms with Crippen molar-refractivity contribution in [1.29, 1.82) is 0 Å². The lowest BCUT2D eigenvalue weighted by molar-refractivity contribution is 0.322. The molecule has 0 saturated carbocycles. The summed E-state index contributed by atoms with van der Waals surface area (Å²) in [4.78, 5) is 10.5. The van der Waals surface area contributed by atoms with Crippen LogP contribution in [0.4, 0.5) is 0 Å². The van der Waals surface area contributed by atoms with E-state index in [9.17, 15) is 8.42 Å². The fourth-order valence-corrected chi connectivity index (χ4v) is 4.14. The highest BCUT2D eigenvalue weighted by molar-refractivity contribution is 7.90. The lowest BCUT2D eigenvalue weighted by Crippen LogP contribution is -2.20. The van der Waals surface area contributed by atoms with Gasteiger partial charge < -0.3 is 4.98 Å². The molecule has 1 aliphatic rings. The van der Waals surface area contributed by atoms with Gasteiger partial charge in [-0.25, -0.2) is 13.4 Å². The maximum atomic E-state index is 11.8. The number of rotatable bonds is 7. The first kappa shape index (κ1) is 17.2. The minimum atomic E-state index is -3.24. The highest BCUT2D eigenvalue weighted by atomic mass is 32.2. The van der Waals surface area contributed by atoms with Crippen LogP contribution in [0.2, 0.25) is 0 Å². The van der Waals surface area contributed by atoms with E-state index in [1.54, 1.807) is 0 Å². The molecule has 0 aromatic carbocycles. The van der Waals surface area contributed by atoms with Crippen molar-refractivity contribution in [2.45, 2.75) is 50.0 Å². The first-order valence-electron chi connectivity index (χ1n) is 8.45. The molecule has 0 unspecified atom stereocenters. The van der Waals surface area contributed by atoms with Crippen LogP contribution in [0.5, 0.6) is 0 Å². The number of unbranched alkanes of at least 4 members (excludes halogenated alkanes) is 1. The molecule has 8 heteroatoms. The summed E-state index contributed by atoms with van der Waals surface area (Å²) in [6.07, 6.45) is 8.80. The Hall–Kier alpha value is -1.67. The Morgan fingerprint density at radius 2 is 2.21 bits per heavy atom. The zero-order chi connectivity index (χ0) is 17.2. The van der Waals surface area contributed by atoms with Crippen LogP contribution in [0.25, 0.3) is 0 Å². The molecule has 1 aliphatic heterocycles. The second kappa shape index (κ2) is 7.06. The molecular formula is C16H25N5O2S. The predicted molar refractivity (Wildman–Crippen MR) is 91.5 cm³/mol. The number of aromatic nitrogens is 4. The first-order chi connectivity index (χ1) is 11.5. The molecule has 0 spiro atoms. The van der Waals surface area contributed by atoms with E-state index in [4.69, 9.17) is 0 Å². The predicted octanol–water partition coefficient (Wildman–Crippen LogP) is 1.87. The summed E-state index contributed by atoms with van der Waals surface area (Å²) in [7, 11) is -3.24. The van der Waals surface area contributed by atoms with Crippen molar-refractivity contribution < 1.29 is 8.42 Å².